The second-order valence-electron chi connectivity index (χ2n) is 10.1. The summed E-state index contributed by atoms with van der Waals surface area (Å²) >= 11 is 9.72. The number of nitrogens with zero attached hydrogens (tertiary/aromatic N) is 4. The molecule has 2 aliphatic heterocycles. The number of carboxylic acid groups (broad SMARTS) is 2. The lowest BCUT2D eigenvalue weighted by atomic mass is 9.90. The molecular formula is C29H26ClN6O9S3+. The van der Waals surface area contributed by atoms with E-state index < -0.39 is 57.3 Å². The van der Waals surface area contributed by atoms with Crippen molar-refractivity contribution in [3.8, 4) is 11.5 Å². The van der Waals surface area contributed by atoms with E-state index in [2.05, 4.69) is 15.5 Å². The van der Waals surface area contributed by atoms with Crippen molar-refractivity contribution in [2.75, 3.05) is 17.7 Å². The van der Waals surface area contributed by atoms with Crippen LogP contribution in [0.4, 0.5) is 5.13 Å². The van der Waals surface area contributed by atoms with Gasteiger partial charge in [-0.25, -0.2) is 19.1 Å². The van der Waals surface area contributed by atoms with Crippen molar-refractivity contribution in [1.82, 2.24) is 15.2 Å². The van der Waals surface area contributed by atoms with Gasteiger partial charge in [0.1, 0.15) is 29.0 Å². The number of pyridine rings is 1. The van der Waals surface area contributed by atoms with Gasteiger partial charge >= 0.3 is 17.5 Å². The number of rotatable bonds is 12. The Morgan fingerprint density at radius 1 is 1.29 bits per heavy atom. The molecule has 48 heavy (non-hydrogen) atoms. The average Bonchev–Trinajstić information content (AvgIpc) is 3.50. The normalized spacial score (nSPS) is 18.8. The molecule has 4 heterocycles. The number of carbonyl (C=O) groups excluding carboxylic acids is 2. The first-order valence-corrected chi connectivity index (χ1v) is 17.2. The van der Waals surface area contributed by atoms with Crippen LogP contribution in [0, 0.1) is 0 Å². The molecule has 2 unspecified atom stereocenters. The molecule has 2 aliphatic rings. The number of anilines is 1. The van der Waals surface area contributed by atoms with Gasteiger partial charge in [0.15, 0.2) is 35.6 Å². The molecule has 19 heteroatoms. The average molecular weight is 734 g/mol. The Labute approximate surface area is 289 Å². The van der Waals surface area contributed by atoms with Gasteiger partial charge in [-0.1, -0.05) is 22.8 Å². The summed E-state index contributed by atoms with van der Waals surface area (Å²) in [6.45, 7) is 0.479. The van der Waals surface area contributed by atoms with Gasteiger partial charge in [0.2, 0.25) is 0 Å². The van der Waals surface area contributed by atoms with Crippen molar-refractivity contribution < 1.29 is 49.0 Å². The number of hydrogen-bond donors (Lipinski definition) is 6. The van der Waals surface area contributed by atoms with Crippen molar-refractivity contribution in [1.29, 1.82) is 0 Å². The Hall–Kier alpha value is -4.78. The third kappa shape index (κ3) is 6.64. The maximum atomic E-state index is 13.1. The Bertz CT molecular complexity index is 1860. The second kappa shape index (κ2) is 14.1. The van der Waals surface area contributed by atoms with Crippen LogP contribution in [-0.2, 0) is 36.2 Å². The molecule has 0 saturated carbocycles. The molecule has 0 bridgehead atoms. The number of halogens is 1. The molecule has 7 N–H and O–H groups in total. The molecule has 0 aliphatic carbocycles. The Morgan fingerprint density at radius 2 is 2.02 bits per heavy atom. The first-order chi connectivity index (χ1) is 22.9. The van der Waals surface area contributed by atoms with Gasteiger partial charge in [0, 0.05) is 33.7 Å². The lowest BCUT2D eigenvalue weighted by Gasteiger charge is -2.49. The topological polar surface area (TPSA) is 229 Å². The van der Waals surface area contributed by atoms with Crippen LogP contribution in [0.1, 0.15) is 11.3 Å². The fourth-order valence-electron chi connectivity index (χ4n) is 4.89. The number of allylic oxidation sites excluding steroid dienone is 2. The molecule has 1 aromatic carbocycles. The maximum absolute atomic E-state index is 13.1. The largest absolute Gasteiger partial charge is 0.504 e. The van der Waals surface area contributed by atoms with Crippen LogP contribution in [0.25, 0.3) is 0 Å². The fourth-order valence-corrected chi connectivity index (χ4v) is 7.42. The molecule has 5 rings (SSSR count). The molecule has 0 radical (unpaired) electrons. The number of aliphatic carboxylic acids is 2. The summed E-state index contributed by atoms with van der Waals surface area (Å²) in [6, 6.07) is 4.71. The number of aromatic nitrogens is 2. The van der Waals surface area contributed by atoms with Crippen molar-refractivity contribution in [2.45, 2.75) is 28.5 Å². The van der Waals surface area contributed by atoms with Crippen molar-refractivity contribution in [3.63, 3.8) is 0 Å². The maximum Gasteiger partial charge on any atom is 0.362 e. The van der Waals surface area contributed by atoms with Crippen LogP contribution in [0.15, 0.2) is 75.5 Å². The number of thiazole rings is 1. The van der Waals surface area contributed by atoms with E-state index >= 15 is 0 Å². The highest BCUT2D eigenvalue weighted by Crippen LogP contribution is 2.43. The molecule has 0 spiro atoms. The Kier molecular flexibility index (Phi) is 10.2. The first-order valence-electron chi connectivity index (χ1n) is 13.7. The minimum atomic E-state index is -2.58. The molecular weight excluding hydrogens is 708 g/mol. The summed E-state index contributed by atoms with van der Waals surface area (Å²) in [4.78, 5) is 62.3. The molecule has 2 aromatic heterocycles. The monoisotopic (exact) mass is 733 g/mol. The molecule has 15 nitrogen and oxygen atoms in total. The number of benzene rings is 1. The lowest BCUT2D eigenvalue weighted by molar-refractivity contribution is -0.687. The minimum Gasteiger partial charge on any atom is -0.504 e. The smallest absolute Gasteiger partial charge is 0.362 e. The number of oxime groups is 1. The molecule has 3 aromatic rings. The van der Waals surface area contributed by atoms with Gasteiger partial charge in [0.05, 0.1) is 5.02 Å². The fraction of sp³-hybridized carbons (Fsp3) is 0.207. The van der Waals surface area contributed by atoms with Crippen molar-refractivity contribution >= 4 is 81.6 Å². The highest BCUT2D eigenvalue weighted by molar-refractivity contribution is 8.00. The number of phenolic OH excluding ortho intramolecular Hbond substituents is 2. The number of hydrogen-bond acceptors (Lipinski definition) is 13. The van der Waals surface area contributed by atoms with Gasteiger partial charge in [0.25, 0.3) is 11.8 Å². The van der Waals surface area contributed by atoms with Gasteiger partial charge in [-0.2, -0.15) is 0 Å². The molecule has 2 amide bonds. The van der Waals surface area contributed by atoms with Crippen LogP contribution in [0.2, 0.25) is 5.02 Å². The third-order valence-corrected chi connectivity index (χ3v) is 10.2. The number of carboxylic acids is 2. The van der Waals surface area contributed by atoms with Crippen LogP contribution in [0.5, 0.6) is 11.5 Å². The summed E-state index contributed by atoms with van der Waals surface area (Å²) in [5.41, 5.74) is 2.79. The van der Waals surface area contributed by atoms with E-state index in [1.165, 1.54) is 17.1 Å². The van der Waals surface area contributed by atoms with Gasteiger partial charge in [-0.05, 0) is 30.0 Å². The zero-order valence-corrected chi connectivity index (χ0v) is 27.8. The van der Waals surface area contributed by atoms with E-state index in [1.807, 2.05) is 35.3 Å². The summed E-state index contributed by atoms with van der Waals surface area (Å²) < 4.78 is 1.91. The van der Waals surface area contributed by atoms with E-state index in [9.17, 15) is 39.6 Å². The van der Waals surface area contributed by atoms with E-state index in [4.69, 9.17) is 22.2 Å². The van der Waals surface area contributed by atoms with Crippen molar-refractivity contribution in [3.05, 3.63) is 81.7 Å². The number of fused-ring (bicyclic) bond motifs is 1. The van der Waals surface area contributed by atoms with Crippen molar-refractivity contribution in [2.24, 2.45) is 5.16 Å². The minimum absolute atomic E-state index is 0.0265. The number of β-lactam (4-membered cyclic amide) rings is 1. The summed E-state index contributed by atoms with van der Waals surface area (Å²) in [7, 11) is 0. The van der Waals surface area contributed by atoms with Crippen LogP contribution < -0.4 is 15.6 Å². The standard InChI is InChI=1S/C29H25ClN6O9S3/c1-46-16-4-7-35(8-5-16)6-2-3-14-12-47-25-21(24(40)36(25)22(14)26(41)42)34-20(38)11-32-45-29(27(43)44,19-13-48-28(31)33-19)15-9-17(30)23(39)18(37)10-15/h2-5,7-11,13,21,25H,6,12H2,1H3,(H6-,31,32,33,34,37,38,39,41,42,43,44)/p+1/b3-2-/t21-,25?,29?/m0/s1. The number of aromatic hydroxyl groups is 2. The quantitative estimate of drug-likeness (QED) is 0.0392. The highest BCUT2D eigenvalue weighted by Gasteiger charge is 2.54. The molecule has 3 atom stereocenters. The van der Waals surface area contributed by atoms with Crippen LogP contribution in [-0.4, -0.2) is 83.7 Å². The van der Waals surface area contributed by atoms with Crippen LogP contribution in [0.3, 0.4) is 0 Å². The number of thioether (sulfide) groups is 2. The number of phenols is 2. The predicted molar refractivity (Wildman–Crippen MR) is 177 cm³/mol. The van der Waals surface area contributed by atoms with E-state index in [0.717, 1.165) is 33.3 Å². The summed E-state index contributed by atoms with van der Waals surface area (Å²) in [5.74, 6) is -5.80. The Balaban J connectivity index is 1.30. The SMILES string of the molecule is CSc1cc[n+](C/C=C\C2=C(C(=O)O)N3C(=O)[C@H](NC(=O)C=NOC(C(=O)O)(c4cc(O)c(O)c(Cl)c4)c4csc(N)n4)C3SC2)cc1. The number of nitrogens with one attached hydrogen (secondary N) is 1. The van der Waals surface area contributed by atoms with Gasteiger partial charge < -0.3 is 36.3 Å². The zero-order chi connectivity index (χ0) is 34.7. The van der Waals surface area contributed by atoms with E-state index in [1.54, 1.807) is 23.9 Å². The summed E-state index contributed by atoms with van der Waals surface area (Å²) in [5, 5.41) is 46.3. The second-order valence-corrected chi connectivity index (χ2v) is 13.4. The van der Waals surface area contributed by atoms with Gasteiger partial charge in [-0.3, -0.25) is 14.5 Å². The molecule has 1 saturated heterocycles. The van der Waals surface area contributed by atoms with E-state index in [0.29, 0.717) is 18.3 Å². The number of amides is 2. The molecule has 250 valence electrons. The molecule has 1 fully saturated rings. The number of nitrogen functional groups attached to an aromatic ring is 1. The zero-order valence-electron chi connectivity index (χ0n) is 24.6. The number of carbonyl (C=O) groups is 4. The van der Waals surface area contributed by atoms with E-state index in [-0.39, 0.29) is 27.8 Å². The van der Waals surface area contributed by atoms with Crippen LogP contribution >= 0.6 is 46.5 Å². The number of nitrogens with two attached hydrogens (primary N) is 1. The Morgan fingerprint density at radius 3 is 2.62 bits per heavy atom. The summed E-state index contributed by atoms with van der Waals surface area (Å²) in [6.07, 6.45) is 9.82. The predicted octanol–water partition coefficient (Wildman–Crippen LogP) is 2.12. The highest BCUT2D eigenvalue weighted by atomic mass is 35.5. The lowest BCUT2D eigenvalue weighted by Crippen LogP contribution is -2.70. The van der Waals surface area contributed by atoms with Gasteiger partial charge in [-0.15, -0.1) is 34.9 Å². The first kappa shape index (κ1) is 34.6. The third-order valence-electron chi connectivity index (χ3n) is 7.22.